The first kappa shape index (κ1) is 32.5. The van der Waals surface area contributed by atoms with E-state index in [1.165, 1.54) is 19.1 Å². The first-order valence-electron chi connectivity index (χ1n) is 11.4. The lowest BCUT2D eigenvalue weighted by Crippen LogP contribution is -2.54. The monoisotopic (exact) mass is 621 g/mol. The molecule has 2 aromatic carbocycles. The van der Waals surface area contributed by atoms with Gasteiger partial charge in [-0.15, -0.1) is 3.89 Å². The molecular weight excluding hydrogens is 593 g/mol. The van der Waals surface area contributed by atoms with Crippen LogP contribution < -0.4 is 31.7 Å². The van der Waals surface area contributed by atoms with Gasteiger partial charge in [0, 0.05) is 11.4 Å². The Kier molecular flexibility index (Phi) is 10.7. The van der Waals surface area contributed by atoms with Gasteiger partial charge in [-0.25, -0.2) is 9.79 Å². The molecule has 0 radical (unpaired) electrons. The number of urea groups is 1. The predicted octanol–water partition coefficient (Wildman–Crippen LogP) is 2.28. The van der Waals surface area contributed by atoms with Gasteiger partial charge in [-0.05, 0) is 63.2 Å². The van der Waals surface area contributed by atoms with E-state index in [-0.39, 0.29) is 30.8 Å². The number of amides is 2. The summed E-state index contributed by atoms with van der Waals surface area (Å²) in [6.45, 7) is 5.29. The first-order valence-corrected chi connectivity index (χ1v) is 14.8. The van der Waals surface area contributed by atoms with Gasteiger partial charge < -0.3 is 26.8 Å². The van der Waals surface area contributed by atoms with Gasteiger partial charge in [-0.2, -0.15) is 21.8 Å². The molecule has 40 heavy (non-hydrogen) atoms. The van der Waals surface area contributed by atoms with Gasteiger partial charge >= 0.3 is 16.3 Å². The minimum Gasteiger partial charge on any atom is -0.490 e. The summed E-state index contributed by atoms with van der Waals surface area (Å²) in [6, 6.07) is 9.13. The molecule has 0 bridgehead atoms. The van der Waals surface area contributed by atoms with Crippen LogP contribution in [-0.4, -0.2) is 63.9 Å². The lowest BCUT2D eigenvalue weighted by atomic mass is 10.1. The summed E-state index contributed by atoms with van der Waals surface area (Å²) >= 11 is 6.35. The Hall–Kier alpha value is -3.67. The van der Waals surface area contributed by atoms with Crippen molar-refractivity contribution in [2.75, 3.05) is 29.1 Å². The molecule has 3 rings (SSSR count). The van der Waals surface area contributed by atoms with Crippen LogP contribution in [0.4, 0.5) is 20.1 Å². The van der Waals surface area contributed by atoms with Gasteiger partial charge in [0.05, 0.1) is 22.2 Å². The van der Waals surface area contributed by atoms with Gasteiger partial charge in [0.25, 0.3) is 10.1 Å². The van der Waals surface area contributed by atoms with Crippen molar-refractivity contribution in [1.29, 1.82) is 0 Å². The zero-order valence-corrected chi connectivity index (χ0v) is 24.0. The number of anilines is 2. The van der Waals surface area contributed by atoms with Crippen molar-refractivity contribution in [3.05, 3.63) is 47.5 Å². The van der Waals surface area contributed by atoms with E-state index in [1.807, 2.05) is 13.8 Å². The highest BCUT2D eigenvalue weighted by Crippen LogP contribution is 2.33. The molecule has 0 saturated carbocycles. The number of aliphatic imine (C=N–C) groups is 2. The summed E-state index contributed by atoms with van der Waals surface area (Å²) in [5, 5.41) is 5.38. The number of rotatable bonds is 8. The summed E-state index contributed by atoms with van der Waals surface area (Å²) in [4.78, 5) is 21.4. The predicted molar refractivity (Wildman–Crippen MR) is 151 cm³/mol. The van der Waals surface area contributed by atoms with Crippen molar-refractivity contribution in [2.45, 2.75) is 31.3 Å². The lowest BCUT2D eigenvalue weighted by molar-refractivity contribution is 0.247. The summed E-state index contributed by atoms with van der Waals surface area (Å²) < 4.78 is 67.1. The average molecular weight is 622 g/mol. The van der Waals surface area contributed by atoms with E-state index in [0.717, 1.165) is 12.1 Å². The van der Waals surface area contributed by atoms with Crippen LogP contribution in [0.15, 0.2) is 57.3 Å². The highest BCUT2D eigenvalue weighted by molar-refractivity contribution is 7.86. The summed E-state index contributed by atoms with van der Waals surface area (Å²) in [7, 11) is -8.46. The molecule has 0 fully saturated rings. The number of hydrogen-bond acceptors (Lipinski definition) is 11. The van der Waals surface area contributed by atoms with Crippen molar-refractivity contribution in [1.82, 2.24) is 5.32 Å². The van der Waals surface area contributed by atoms with Crippen molar-refractivity contribution in [3.63, 3.8) is 0 Å². The third-order valence-electron chi connectivity index (χ3n) is 4.97. The maximum atomic E-state index is 12.9. The molecule has 7 N–H and O–H groups in total. The van der Waals surface area contributed by atoms with E-state index < -0.39 is 36.9 Å². The molecule has 0 atom stereocenters. The number of ether oxygens (including phenoxy) is 1. The number of carbonyl (C=O) groups excluding carboxylic acids is 1. The fourth-order valence-corrected chi connectivity index (χ4v) is 3.89. The van der Waals surface area contributed by atoms with Crippen molar-refractivity contribution < 1.29 is 34.8 Å². The van der Waals surface area contributed by atoms with Gasteiger partial charge in [-0.3, -0.25) is 9.45 Å². The molecule has 1 aliphatic heterocycles. The Morgan fingerprint density at radius 3 is 2.25 bits per heavy atom. The first-order chi connectivity index (χ1) is 18.4. The van der Waals surface area contributed by atoms with Crippen LogP contribution in [0.25, 0.3) is 0 Å². The van der Waals surface area contributed by atoms with E-state index >= 15 is 0 Å². The number of guanidine groups is 2. The smallest absolute Gasteiger partial charge is 0.332 e. The number of carbonyl (C=O) groups is 1. The van der Waals surface area contributed by atoms with Crippen LogP contribution >= 0.6 is 11.6 Å². The van der Waals surface area contributed by atoms with Crippen molar-refractivity contribution in [2.24, 2.45) is 21.5 Å². The van der Waals surface area contributed by atoms with Crippen LogP contribution in [0, 0.1) is 0 Å². The number of nitrogens with one attached hydrogen (secondary N) is 2. The largest absolute Gasteiger partial charge is 0.490 e. The fraction of sp³-hybridized carbons (Fsp3) is 0.318. The fourth-order valence-electron chi connectivity index (χ4n) is 3.20. The van der Waals surface area contributed by atoms with Crippen LogP contribution in [-0.2, 0) is 20.3 Å². The Bertz CT molecular complexity index is 1500. The van der Waals surface area contributed by atoms with E-state index in [9.17, 15) is 25.5 Å². The van der Waals surface area contributed by atoms with E-state index in [2.05, 4.69) is 20.6 Å². The normalized spacial score (nSPS) is 14.7. The minimum absolute atomic E-state index is 0.0889. The molecule has 0 saturated heterocycles. The molecule has 2 amide bonds. The standard InChI is InChI=1S/C20H23ClFN7O4S.C2H6O3S/c1-20(2)28-17(23)27-18(24)29(20)13-5-8-16(15(21)11-13)33-10-9-25-19(30)26-12-3-6-14(7-4-12)34(22,31)32;1-2-6(3,4)5/h3-8,11H,9-10H2,1-2H3,(H2,25,26,30)(H4,23,24,27,28);2H2,1H3,(H,3,4,5). The molecule has 0 spiro atoms. The summed E-state index contributed by atoms with van der Waals surface area (Å²) in [5.74, 6) is 0.459. The molecule has 14 nitrogen and oxygen atoms in total. The summed E-state index contributed by atoms with van der Waals surface area (Å²) in [6.07, 6.45) is 0. The number of nitrogens with two attached hydrogens (primary N) is 2. The molecule has 0 aliphatic carbocycles. The molecular formula is C22H29ClFN7O7S2. The van der Waals surface area contributed by atoms with Crippen LogP contribution in [0.3, 0.4) is 0 Å². The van der Waals surface area contributed by atoms with Gasteiger partial charge in [0.15, 0.2) is 0 Å². The Balaban J connectivity index is 0.000000840. The van der Waals surface area contributed by atoms with Crippen LogP contribution in [0.2, 0.25) is 5.02 Å². The van der Waals surface area contributed by atoms with Crippen molar-refractivity contribution in [3.8, 4) is 5.75 Å². The maximum Gasteiger partial charge on any atom is 0.332 e. The second-order valence-electron chi connectivity index (χ2n) is 8.45. The second kappa shape index (κ2) is 13.1. The van der Waals surface area contributed by atoms with Crippen LogP contribution in [0.1, 0.15) is 20.8 Å². The zero-order chi connectivity index (χ0) is 30.3. The van der Waals surface area contributed by atoms with E-state index in [1.54, 1.807) is 23.1 Å². The number of halogens is 2. The molecule has 2 aromatic rings. The summed E-state index contributed by atoms with van der Waals surface area (Å²) in [5.41, 5.74) is 11.9. The molecule has 18 heteroatoms. The van der Waals surface area contributed by atoms with Gasteiger partial charge in [0.1, 0.15) is 18.0 Å². The molecule has 1 aliphatic rings. The quantitative estimate of drug-likeness (QED) is 0.164. The third-order valence-corrected chi connectivity index (χ3v) is 6.83. The van der Waals surface area contributed by atoms with Gasteiger partial charge in [0.2, 0.25) is 11.9 Å². The second-order valence-corrected chi connectivity index (χ2v) is 11.9. The number of nitrogens with zero attached hydrogens (tertiary/aromatic N) is 3. The van der Waals surface area contributed by atoms with E-state index in [0.29, 0.717) is 22.1 Å². The van der Waals surface area contributed by atoms with Crippen LogP contribution in [0.5, 0.6) is 5.75 Å². The van der Waals surface area contributed by atoms with Gasteiger partial charge in [-0.1, -0.05) is 11.6 Å². The Morgan fingerprint density at radius 1 is 1.15 bits per heavy atom. The number of benzene rings is 2. The molecule has 220 valence electrons. The Labute approximate surface area is 236 Å². The highest BCUT2D eigenvalue weighted by atomic mass is 35.5. The molecule has 0 unspecified atom stereocenters. The minimum atomic E-state index is -4.80. The highest BCUT2D eigenvalue weighted by Gasteiger charge is 2.33. The lowest BCUT2D eigenvalue weighted by Gasteiger charge is -2.38. The molecule has 1 heterocycles. The van der Waals surface area contributed by atoms with E-state index in [4.69, 9.17) is 32.4 Å². The average Bonchev–Trinajstić information content (AvgIpc) is 2.81. The van der Waals surface area contributed by atoms with Crippen molar-refractivity contribution >= 4 is 61.3 Å². The third kappa shape index (κ3) is 9.82. The molecule has 0 aromatic heterocycles. The maximum absolute atomic E-state index is 12.9. The number of hydrogen-bond donors (Lipinski definition) is 5. The topological polar surface area (TPSA) is 219 Å². The SMILES string of the molecule is CC1(C)N=C(N)N=C(N)N1c1ccc(OCCNC(=O)Nc2ccc(S(=O)(=O)F)cc2)c(Cl)c1.CCS(=O)(=O)O. The zero-order valence-electron chi connectivity index (χ0n) is 21.6. The Morgan fingerprint density at radius 2 is 1.75 bits per heavy atom.